The molecule has 1 aromatic rings. The molecule has 0 unspecified atom stereocenters. The number of ether oxygens (including phenoxy) is 1. The Morgan fingerprint density at radius 2 is 2.10 bits per heavy atom. The molecule has 0 radical (unpaired) electrons. The van der Waals surface area contributed by atoms with Crippen molar-refractivity contribution < 1.29 is 27.8 Å². The van der Waals surface area contributed by atoms with Gasteiger partial charge in [-0.15, -0.1) is 0 Å². The average Bonchev–Trinajstić information content (AvgIpc) is 2.36. The largest absolute Gasteiger partial charge is 0.496 e. The Bertz CT molecular complexity index is 494. The van der Waals surface area contributed by atoms with Crippen molar-refractivity contribution in [2.75, 3.05) is 33.4 Å². The minimum Gasteiger partial charge on any atom is -0.496 e. The van der Waals surface area contributed by atoms with Gasteiger partial charge in [-0.05, 0) is 34.1 Å². The van der Waals surface area contributed by atoms with Crippen molar-refractivity contribution in [2.24, 2.45) is 0 Å². The molecule has 1 aromatic carbocycles. The molecule has 0 aliphatic rings. The van der Waals surface area contributed by atoms with E-state index in [1.54, 1.807) is 6.07 Å². The van der Waals surface area contributed by atoms with Gasteiger partial charge in [0.05, 0.1) is 31.3 Å². The summed E-state index contributed by atoms with van der Waals surface area (Å²) in [7, 11) is 1.47. The van der Waals surface area contributed by atoms with Gasteiger partial charge < -0.3 is 9.84 Å². The second kappa shape index (κ2) is 7.77. The number of carbonyl (C=O) groups is 1. The molecule has 0 bridgehead atoms. The van der Waals surface area contributed by atoms with Gasteiger partial charge in [0, 0.05) is 12.1 Å². The number of halogens is 4. The molecule has 0 amide bonds. The van der Waals surface area contributed by atoms with Crippen LogP contribution in [0.25, 0.3) is 0 Å². The summed E-state index contributed by atoms with van der Waals surface area (Å²) in [5.41, 5.74) is 0.271. The lowest BCUT2D eigenvalue weighted by Crippen LogP contribution is -2.39. The van der Waals surface area contributed by atoms with Crippen LogP contribution in [0.2, 0.25) is 0 Å². The van der Waals surface area contributed by atoms with Crippen LogP contribution < -0.4 is 4.74 Å². The second-order valence-electron chi connectivity index (χ2n) is 4.32. The third-order valence-electron chi connectivity index (χ3n) is 2.66. The van der Waals surface area contributed by atoms with Crippen molar-refractivity contribution in [3.8, 4) is 5.75 Å². The van der Waals surface area contributed by atoms with Crippen LogP contribution in [0.5, 0.6) is 5.75 Å². The summed E-state index contributed by atoms with van der Waals surface area (Å²) in [5.74, 6) is 0.0603. The average molecular weight is 370 g/mol. The summed E-state index contributed by atoms with van der Waals surface area (Å²) in [6, 6.07) is 4.53. The van der Waals surface area contributed by atoms with Gasteiger partial charge in [0.15, 0.2) is 5.78 Å². The van der Waals surface area contributed by atoms with Crippen LogP contribution in [-0.2, 0) is 0 Å². The van der Waals surface area contributed by atoms with Crippen LogP contribution in [0.4, 0.5) is 13.2 Å². The van der Waals surface area contributed by atoms with E-state index in [2.05, 4.69) is 15.9 Å². The molecule has 0 aromatic heterocycles. The molecule has 118 valence electrons. The first kappa shape index (κ1) is 17.9. The lowest BCUT2D eigenvalue weighted by molar-refractivity contribution is -0.145. The highest BCUT2D eigenvalue weighted by Gasteiger charge is 2.31. The number of aliphatic hydroxyl groups is 1. The van der Waals surface area contributed by atoms with E-state index in [1.165, 1.54) is 19.2 Å². The molecular formula is C13H15BrF3NO3. The van der Waals surface area contributed by atoms with Crippen molar-refractivity contribution in [3.05, 3.63) is 28.2 Å². The van der Waals surface area contributed by atoms with Crippen molar-refractivity contribution in [2.45, 2.75) is 6.18 Å². The maximum Gasteiger partial charge on any atom is 0.401 e. The molecule has 1 N–H and O–H groups in total. The van der Waals surface area contributed by atoms with Gasteiger partial charge in [0.1, 0.15) is 5.75 Å². The quantitative estimate of drug-likeness (QED) is 0.750. The van der Waals surface area contributed by atoms with Gasteiger partial charge >= 0.3 is 6.18 Å². The third kappa shape index (κ3) is 6.03. The SMILES string of the molecule is COc1ccc(C(=O)CN(CCO)CC(F)(F)F)cc1Br. The summed E-state index contributed by atoms with van der Waals surface area (Å²) >= 11 is 3.21. The zero-order valence-electron chi connectivity index (χ0n) is 11.3. The van der Waals surface area contributed by atoms with E-state index in [4.69, 9.17) is 9.84 Å². The molecule has 0 saturated heterocycles. The van der Waals surface area contributed by atoms with Gasteiger partial charge in [0.2, 0.25) is 0 Å². The normalized spacial score (nSPS) is 11.8. The lowest BCUT2D eigenvalue weighted by atomic mass is 10.1. The number of hydrogen-bond acceptors (Lipinski definition) is 4. The highest BCUT2D eigenvalue weighted by atomic mass is 79.9. The van der Waals surface area contributed by atoms with E-state index < -0.39 is 31.7 Å². The first-order valence-electron chi connectivity index (χ1n) is 6.03. The molecule has 8 heteroatoms. The molecule has 0 heterocycles. The maximum atomic E-state index is 12.4. The monoisotopic (exact) mass is 369 g/mol. The van der Waals surface area contributed by atoms with Crippen LogP contribution in [0.15, 0.2) is 22.7 Å². The fourth-order valence-corrected chi connectivity index (χ4v) is 2.28. The number of carbonyl (C=O) groups excluding carboxylic acids is 1. The van der Waals surface area contributed by atoms with Crippen LogP contribution in [0.3, 0.4) is 0 Å². The molecule has 21 heavy (non-hydrogen) atoms. The topological polar surface area (TPSA) is 49.8 Å². The number of methoxy groups -OCH3 is 1. The van der Waals surface area contributed by atoms with E-state index in [9.17, 15) is 18.0 Å². The summed E-state index contributed by atoms with van der Waals surface area (Å²) in [6.07, 6.45) is -4.42. The molecular weight excluding hydrogens is 355 g/mol. The molecule has 0 fully saturated rings. The standard InChI is InChI=1S/C13H15BrF3NO3/c1-21-12-3-2-9(6-10(12)14)11(20)7-18(4-5-19)8-13(15,16)17/h2-3,6,19H,4-5,7-8H2,1H3. The van der Waals surface area contributed by atoms with Crippen molar-refractivity contribution in [3.63, 3.8) is 0 Å². The number of rotatable bonds is 7. The van der Waals surface area contributed by atoms with Crippen LogP contribution in [0.1, 0.15) is 10.4 Å². The van der Waals surface area contributed by atoms with Crippen LogP contribution >= 0.6 is 15.9 Å². The smallest absolute Gasteiger partial charge is 0.401 e. The zero-order valence-corrected chi connectivity index (χ0v) is 12.9. The molecule has 0 aliphatic heterocycles. The van der Waals surface area contributed by atoms with Crippen molar-refractivity contribution in [1.82, 2.24) is 4.90 Å². The van der Waals surface area contributed by atoms with E-state index in [0.29, 0.717) is 10.2 Å². The maximum absolute atomic E-state index is 12.4. The first-order chi connectivity index (χ1) is 9.76. The van der Waals surface area contributed by atoms with Crippen molar-refractivity contribution >= 4 is 21.7 Å². The molecule has 0 atom stereocenters. The Labute approximate surface area is 128 Å². The fraction of sp³-hybridized carbons (Fsp3) is 0.462. The summed E-state index contributed by atoms with van der Waals surface area (Å²) < 4.78 is 42.7. The number of ketones is 1. The summed E-state index contributed by atoms with van der Waals surface area (Å²) in [4.78, 5) is 12.9. The number of hydrogen-bond donors (Lipinski definition) is 1. The van der Waals surface area contributed by atoms with Gasteiger partial charge in [-0.25, -0.2) is 0 Å². The molecule has 1 rings (SSSR count). The van der Waals surface area contributed by atoms with Crippen molar-refractivity contribution in [1.29, 1.82) is 0 Å². The Kier molecular flexibility index (Phi) is 6.63. The predicted molar refractivity (Wildman–Crippen MR) is 74.6 cm³/mol. The van der Waals surface area contributed by atoms with E-state index in [-0.39, 0.29) is 12.1 Å². The minimum atomic E-state index is -4.42. The molecule has 4 nitrogen and oxygen atoms in total. The number of Topliss-reactive ketones (excluding diaryl/α,β-unsaturated/α-hetero) is 1. The van der Waals surface area contributed by atoms with Crippen LogP contribution in [0, 0.1) is 0 Å². The fourth-order valence-electron chi connectivity index (χ4n) is 1.74. The Morgan fingerprint density at radius 3 is 2.57 bits per heavy atom. The lowest BCUT2D eigenvalue weighted by Gasteiger charge is -2.21. The number of aliphatic hydroxyl groups excluding tert-OH is 1. The van der Waals surface area contributed by atoms with Crippen LogP contribution in [-0.4, -0.2) is 55.3 Å². The Morgan fingerprint density at radius 1 is 1.43 bits per heavy atom. The van der Waals surface area contributed by atoms with Gasteiger partial charge in [-0.3, -0.25) is 9.69 Å². The van der Waals surface area contributed by atoms with Gasteiger partial charge in [0.25, 0.3) is 0 Å². The number of alkyl halides is 3. The highest BCUT2D eigenvalue weighted by molar-refractivity contribution is 9.10. The second-order valence-corrected chi connectivity index (χ2v) is 5.18. The predicted octanol–water partition coefficient (Wildman–Crippen LogP) is 2.50. The first-order valence-corrected chi connectivity index (χ1v) is 6.83. The molecule has 0 saturated carbocycles. The van der Waals surface area contributed by atoms with Gasteiger partial charge in [-0.1, -0.05) is 0 Å². The number of benzene rings is 1. The molecule has 0 aliphatic carbocycles. The Hall–Kier alpha value is -1.12. The number of nitrogens with zero attached hydrogens (tertiary/aromatic N) is 1. The van der Waals surface area contributed by atoms with E-state index in [0.717, 1.165) is 4.90 Å². The minimum absolute atomic E-state index is 0.220. The van der Waals surface area contributed by atoms with Gasteiger partial charge in [-0.2, -0.15) is 13.2 Å². The highest BCUT2D eigenvalue weighted by Crippen LogP contribution is 2.26. The van der Waals surface area contributed by atoms with E-state index >= 15 is 0 Å². The summed E-state index contributed by atoms with van der Waals surface area (Å²) in [5, 5.41) is 8.79. The zero-order chi connectivity index (χ0) is 16.0. The molecule has 0 spiro atoms. The summed E-state index contributed by atoms with van der Waals surface area (Å²) in [6.45, 7) is -2.33. The van der Waals surface area contributed by atoms with E-state index in [1.807, 2.05) is 0 Å². The third-order valence-corrected chi connectivity index (χ3v) is 3.28. The Balaban J connectivity index is 2.79.